The van der Waals surface area contributed by atoms with Crippen LogP contribution >= 0.6 is 0 Å². The summed E-state index contributed by atoms with van der Waals surface area (Å²) < 4.78 is 4.96. The fourth-order valence-corrected chi connectivity index (χ4v) is 2.66. The average Bonchev–Trinajstić information content (AvgIpc) is 2.75. The molecule has 7 heteroatoms. The van der Waals surface area contributed by atoms with Gasteiger partial charge in [0.05, 0.1) is 30.6 Å². The first-order valence-electron chi connectivity index (χ1n) is 9.29. The van der Waals surface area contributed by atoms with Crippen molar-refractivity contribution < 1.29 is 14.3 Å². The molecule has 3 rings (SSSR count). The van der Waals surface area contributed by atoms with Gasteiger partial charge in [-0.1, -0.05) is 30.3 Å². The molecule has 1 amide bonds. The van der Waals surface area contributed by atoms with Crippen molar-refractivity contribution in [3.05, 3.63) is 83.8 Å². The van der Waals surface area contributed by atoms with Crippen molar-refractivity contribution in [1.29, 1.82) is 0 Å². The molecule has 29 heavy (non-hydrogen) atoms. The second kappa shape index (κ2) is 9.45. The van der Waals surface area contributed by atoms with E-state index in [1.165, 1.54) is 12.4 Å². The van der Waals surface area contributed by atoms with Crippen LogP contribution < -0.4 is 10.6 Å². The average molecular weight is 390 g/mol. The number of esters is 1. The molecule has 0 aliphatic heterocycles. The number of rotatable bonds is 7. The smallest absolute Gasteiger partial charge is 0.338 e. The van der Waals surface area contributed by atoms with Gasteiger partial charge in [0, 0.05) is 5.69 Å². The molecule has 1 atom stereocenters. The van der Waals surface area contributed by atoms with Crippen molar-refractivity contribution in [2.45, 2.75) is 19.9 Å². The van der Waals surface area contributed by atoms with Gasteiger partial charge in [-0.2, -0.15) is 0 Å². The lowest BCUT2D eigenvalue weighted by Crippen LogP contribution is -2.27. The SMILES string of the molecule is CCOC(=O)c1ccc(Nc2cnc(C(=O)NC(C)c3ccccc3)cn2)cc1. The zero-order valence-electron chi connectivity index (χ0n) is 16.3. The Balaban J connectivity index is 1.59. The summed E-state index contributed by atoms with van der Waals surface area (Å²) in [7, 11) is 0. The molecule has 0 spiro atoms. The van der Waals surface area contributed by atoms with Crippen LogP contribution in [0, 0.1) is 0 Å². The van der Waals surface area contributed by atoms with Crippen LogP contribution in [0.2, 0.25) is 0 Å². The molecule has 0 fully saturated rings. The van der Waals surface area contributed by atoms with Crippen LogP contribution in [0.15, 0.2) is 67.0 Å². The Bertz CT molecular complexity index is 958. The van der Waals surface area contributed by atoms with Gasteiger partial charge < -0.3 is 15.4 Å². The summed E-state index contributed by atoms with van der Waals surface area (Å²) in [5, 5.41) is 5.98. The molecular formula is C22H22N4O3. The molecule has 0 radical (unpaired) electrons. The normalized spacial score (nSPS) is 11.4. The number of hydrogen-bond acceptors (Lipinski definition) is 6. The van der Waals surface area contributed by atoms with Gasteiger partial charge in [0.1, 0.15) is 11.5 Å². The Morgan fingerprint density at radius 1 is 1.00 bits per heavy atom. The fraction of sp³-hybridized carbons (Fsp3) is 0.182. The van der Waals surface area contributed by atoms with E-state index >= 15 is 0 Å². The number of nitrogens with one attached hydrogen (secondary N) is 2. The van der Waals surface area contributed by atoms with E-state index in [2.05, 4.69) is 20.6 Å². The largest absolute Gasteiger partial charge is 0.462 e. The van der Waals surface area contributed by atoms with Crippen molar-refractivity contribution in [2.24, 2.45) is 0 Å². The lowest BCUT2D eigenvalue weighted by Gasteiger charge is -2.14. The number of carbonyl (C=O) groups is 2. The Kier molecular flexibility index (Phi) is 6.52. The summed E-state index contributed by atoms with van der Waals surface area (Å²) in [6.07, 6.45) is 2.91. The number of ether oxygens (including phenoxy) is 1. The summed E-state index contributed by atoms with van der Waals surface area (Å²) >= 11 is 0. The summed E-state index contributed by atoms with van der Waals surface area (Å²) in [6, 6.07) is 16.4. The van der Waals surface area contributed by atoms with Gasteiger partial charge in [0.25, 0.3) is 5.91 Å². The molecule has 1 unspecified atom stereocenters. The Labute approximate surface area is 169 Å². The van der Waals surface area contributed by atoms with Crippen LogP contribution in [0.5, 0.6) is 0 Å². The second-order valence-electron chi connectivity index (χ2n) is 6.32. The van der Waals surface area contributed by atoms with Crippen LogP contribution in [0.3, 0.4) is 0 Å². The highest BCUT2D eigenvalue weighted by Gasteiger charge is 2.13. The van der Waals surface area contributed by atoms with Crippen molar-refractivity contribution in [3.8, 4) is 0 Å². The Morgan fingerprint density at radius 3 is 2.34 bits per heavy atom. The lowest BCUT2D eigenvalue weighted by molar-refractivity contribution is 0.0526. The first-order chi connectivity index (χ1) is 14.1. The molecule has 0 saturated heterocycles. The summed E-state index contributed by atoms with van der Waals surface area (Å²) in [4.78, 5) is 32.5. The highest BCUT2D eigenvalue weighted by Crippen LogP contribution is 2.16. The highest BCUT2D eigenvalue weighted by molar-refractivity contribution is 5.92. The van der Waals surface area contributed by atoms with Crippen LogP contribution in [-0.2, 0) is 4.74 Å². The molecule has 0 bridgehead atoms. The van der Waals surface area contributed by atoms with Crippen molar-refractivity contribution in [2.75, 3.05) is 11.9 Å². The fourth-order valence-electron chi connectivity index (χ4n) is 2.66. The second-order valence-corrected chi connectivity index (χ2v) is 6.32. The minimum atomic E-state index is -0.362. The zero-order chi connectivity index (χ0) is 20.6. The minimum Gasteiger partial charge on any atom is -0.462 e. The number of aromatic nitrogens is 2. The van der Waals surface area contributed by atoms with Gasteiger partial charge in [-0.25, -0.2) is 14.8 Å². The molecule has 2 aromatic carbocycles. The monoisotopic (exact) mass is 390 g/mol. The van der Waals surface area contributed by atoms with E-state index in [-0.39, 0.29) is 23.6 Å². The standard InChI is InChI=1S/C22H22N4O3/c1-3-29-22(28)17-9-11-18(12-10-17)26-20-14-23-19(13-24-20)21(27)25-15(2)16-7-5-4-6-8-16/h4-15H,3H2,1-2H3,(H,24,26)(H,25,27). The maximum Gasteiger partial charge on any atom is 0.338 e. The van der Waals surface area contributed by atoms with Gasteiger partial charge in [-0.3, -0.25) is 4.79 Å². The van der Waals surface area contributed by atoms with Crippen molar-refractivity contribution in [1.82, 2.24) is 15.3 Å². The number of hydrogen-bond donors (Lipinski definition) is 2. The van der Waals surface area contributed by atoms with Crippen molar-refractivity contribution >= 4 is 23.4 Å². The Hall–Kier alpha value is -3.74. The predicted molar refractivity (Wildman–Crippen MR) is 110 cm³/mol. The zero-order valence-corrected chi connectivity index (χ0v) is 16.3. The first kappa shape index (κ1) is 20.0. The van der Waals surface area contributed by atoms with Crippen molar-refractivity contribution in [3.63, 3.8) is 0 Å². The molecule has 2 N–H and O–H groups in total. The minimum absolute atomic E-state index is 0.138. The van der Waals surface area contributed by atoms with E-state index in [9.17, 15) is 9.59 Å². The Morgan fingerprint density at radius 2 is 1.72 bits per heavy atom. The van der Waals surface area contributed by atoms with E-state index in [0.717, 1.165) is 11.3 Å². The predicted octanol–water partition coefficient (Wildman–Crippen LogP) is 3.89. The third-order valence-electron chi connectivity index (χ3n) is 4.20. The van der Waals surface area contributed by atoms with Crippen LogP contribution in [0.1, 0.15) is 46.3 Å². The van der Waals surface area contributed by atoms with E-state index in [1.807, 2.05) is 37.3 Å². The third-order valence-corrected chi connectivity index (χ3v) is 4.20. The summed E-state index contributed by atoms with van der Waals surface area (Å²) in [6.45, 7) is 4.01. The van der Waals surface area contributed by atoms with Gasteiger partial charge in [0.15, 0.2) is 0 Å². The van der Waals surface area contributed by atoms with Crippen LogP contribution in [0.4, 0.5) is 11.5 Å². The number of nitrogens with zero attached hydrogens (tertiary/aromatic N) is 2. The molecule has 7 nitrogen and oxygen atoms in total. The maximum atomic E-state index is 12.4. The van der Waals surface area contributed by atoms with E-state index in [0.29, 0.717) is 18.0 Å². The topological polar surface area (TPSA) is 93.2 Å². The molecular weight excluding hydrogens is 368 g/mol. The van der Waals surface area contributed by atoms with E-state index in [1.54, 1.807) is 31.2 Å². The molecule has 3 aromatic rings. The molecule has 148 valence electrons. The first-order valence-corrected chi connectivity index (χ1v) is 9.29. The third kappa shape index (κ3) is 5.38. The van der Waals surface area contributed by atoms with Gasteiger partial charge in [0.2, 0.25) is 0 Å². The maximum absolute atomic E-state index is 12.4. The van der Waals surface area contributed by atoms with Gasteiger partial charge in [-0.05, 0) is 43.7 Å². The quantitative estimate of drug-likeness (QED) is 0.595. The number of benzene rings is 2. The van der Waals surface area contributed by atoms with E-state index in [4.69, 9.17) is 4.74 Å². The van der Waals surface area contributed by atoms with Gasteiger partial charge in [-0.15, -0.1) is 0 Å². The molecule has 0 aliphatic rings. The van der Waals surface area contributed by atoms with Crippen LogP contribution in [0.25, 0.3) is 0 Å². The molecule has 0 saturated carbocycles. The van der Waals surface area contributed by atoms with Gasteiger partial charge >= 0.3 is 5.97 Å². The number of amides is 1. The molecule has 1 heterocycles. The summed E-state index contributed by atoms with van der Waals surface area (Å²) in [5.41, 5.74) is 2.46. The van der Waals surface area contributed by atoms with E-state index < -0.39 is 0 Å². The van der Waals surface area contributed by atoms with Crippen LogP contribution in [-0.4, -0.2) is 28.5 Å². The number of anilines is 2. The number of carbonyl (C=O) groups excluding carboxylic acids is 2. The summed E-state index contributed by atoms with van der Waals surface area (Å²) in [5.74, 6) is -0.167. The molecule has 0 aliphatic carbocycles. The molecule has 1 aromatic heterocycles. The lowest BCUT2D eigenvalue weighted by atomic mass is 10.1. The highest BCUT2D eigenvalue weighted by atomic mass is 16.5.